The second kappa shape index (κ2) is 11.4. The van der Waals surface area contributed by atoms with Crippen LogP contribution < -0.4 is 10.6 Å². The first-order chi connectivity index (χ1) is 14.0. The lowest BCUT2D eigenvalue weighted by atomic mass is 9.85. The van der Waals surface area contributed by atoms with Crippen LogP contribution in [0.15, 0.2) is 17.1 Å². The van der Waals surface area contributed by atoms with Gasteiger partial charge in [0, 0.05) is 39.8 Å². The van der Waals surface area contributed by atoms with Gasteiger partial charge in [-0.25, -0.2) is 0 Å². The number of imide groups is 1. The number of fused-ring (bicyclic) bond motifs is 5. The van der Waals surface area contributed by atoms with E-state index >= 15 is 0 Å². The molecule has 1 aliphatic heterocycles. The average Bonchev–Trinajstić information content (AvgIpc) is 3.37. The van der Waals surface area contributed by atoms with Crippen LogP contribution in [0.25, 0.3) is 0 Å². The number of carbonyl (C=O) groups is 2. The number of aliphatic imine (C=N–C) groups is 1. The maximum Gasteiger partial charge on any atom is 0.233 e. The SMILES string of the molecule is CCOC(CCN(C)C)CNC(=NC)NCCN1C(=O)C2C3C=CC(C3)C2C1=O.I. The summed E-state index contributed by atoms with van der Waals surface area (Å²) in [5.74, 6) is 0.916. The minimum atomic E-state index is -0.126. The lowest BCUT2D eigenvalue weighted by Gasteiger charge is -2.22. The van der Waals surface area contributed by atoms with Gasteiger partial charge in [-0.2, -0.15) is 0 Å². The van der Waals surface area contributed by atoms with E-state index in [2.05, 4.69) is 32.7 Å². The highest BCUT2D eigenvalue weighted by Crippen LogP contribution is 2.52. The van der Waals surface area contributed by atoms with Gasteiger partial charge in [-0.05, 0) is 45.7 Å². The minimum absolute atomic E-state index is 0. The van der Waals surface area contributed by atoms with Gasteiger partial charge in [0.05, 0.1) is 17.9 Å². The van der Waals surface area contributed by atoms with E-state index in [0.29, 0.717) is 32.2 Å². The summed E-state index contributed by atoms with van der Waals surface area (Å²) >= 11 is 0. The van der Waals surface area contributed by atoms with Gasteiger partial charge in [0.1, 0.15) is 0 Å². The molecule has 0 aromatic rings. The first-order valence-corrected chi connectivity index (χ1v) is 10.7. The Morgan fingerprint density at radius 2 is 1.87 bits per heavy atom. The van der Waals surface area contributed by atoms with Gasteiger partial charge < -0.3 is 20.3 Å². The van der Waals surface area contributed by atoms with E-state index in [0.717, 1.165) is 19.4 Å². The van der Waals surface area contributed by atoms with Crippen LogP contribution in [0.4, 0.5) is 0 Å². The van der Waals surface area contributed by atoms with Gasteiger partial charge in [-0.1, -0.05) is 12.2 Å². The molecule has 2 amide bonds. The number of hydrogen-bond acceptors (Lipinski definition) is 5. The Balaban J connectivity index is 0.00000320. The molecule has 0 radical (unpaired) electrons. The predicted molar refractivity (Wildman–Crippen MR) is 128 cm³/mol. The number of nitrogens with zero attached hydrogens (tertiary/aromatic N) is 3. The lowest BCUT2D eigenvalue weighted by Crippen LogP contribution is -2.46. The van der Waals surface area contributed by atoms with Crippen molar-refractivity contribution in [2.75, 3.05) is 53.9 Å². The minimum Gasteiger partial charge on any atom is -0.377 e. The van der Waals surface area contributed by atoms with Crippen molar-refractivity contribution in [1.82, 2.24) is 20.4 Å². The van der Waals surface area contributed by atoms with Gasteiger partial charge in [0.25, 0.3) is 0 Å². The van der Waals surface area contributed by atoms with Crippen LogP contribution in [0.2, 0.25) is 0 Å². The van der Waals surface area contributed by atoms with Crippen LogP contribution in [-0.4, -0.2) is 87.6 Å². The number of guanidine groups is 1. The molecule has 2 aliphatic carbocycles. The van der Waals surface area contributed by atoms with E-state index < -0.39 is 0 Å². The molecular weight excluding hydrogens is 497 g/mol. The topological polar surface area (TPSA) is 86.3 Å². The molecule has 0 spiro atoms. The third kappa shape index (κ3) is 5.53. The summed E-state index contributed by atoms with van der Waals surface area (Å²) in [5, 5.41) is 6.50. The molecule has 30 heavy (non-hydrogen) atoms. The number of likely N-dealkylation sites (tertiary alicyclic amines) is 1. The van der Waals surface area contributed by atoms with Gasteiger partial charge in [0.2, 0.25) is 11.8 Å². The highest BCUT2D eigenvalue weighted by atomic mass is 127. The molecule has 2 N–H and O–H groups in total. The number of allylic oxidation sites excluding steroid dienone is 2. The summed E-state index contributed by atoms with van der Waals surface area (Å²) in [6.45, 7) is 5.14. The first kappa shape index (κ1) is 25.1. The lowest BCUT2D eigenvalue weighted by molar-refractivity contribution is -0.140. The standard InChI is InChI=1S/C21H35N5O3.HI/c1-5-29-16(8-10-25(3)4)13-24-21(22-2)23-9-11-26-19(27)17-14-6-7-15(12-14)18(17)20(26)28;/h6-7,14-18H,5,8-13H2,1-4H3,(H2,22,23,24);1H. The van der Waals surface area contributed by atoms with Crippen LogP contribution in [-0.2, 0) is 14.3 Å². The van der Waals surface area contributed by atoms with Gasteiger partial charge in [-0.15, -0.1) is 24.0 Å². The fourth-order valence-corrected chi connectivity index (χ4v) is 4.78. The highest BCUT2D eigenvalue weighted by molar-refractivity contribution is 14.0. The number of amides is 2. The van der Waals surface area contributed by atoms with Crippen LogP contribution in [0.3, 0.4) is 0 Å². The molecule has 1 saturated heterocycles. The van der Waals surface area contributed by atoms with E-state index in [9.17, 15) is 9.59 Å². The zero-order valence-corrected chi connectivity index (χ0v) is 20.8. The van der Waals surface area contributed by atoms with E-state index in [-0.39, 0.29) is 65.6 Å². The number of carbonyl (C=O) groups excluding carboxylic acids is 2. The fourth-order valence-electron chi connectivity index (χ4n) is 4.78. The van der Waals surface area contributed by atoms with Crippen molar-refractivity contribution in [2.24, 2.45) is 28.7 Å². The van der Waals surface area contributed by atoms with E-state index in [1.807, 2.05) is 21.0 Å². The van der Waals surface area contributed by atoms with Crippen molar-refractivity contribution in [1.29, 1.82) is 0 Å². The fraction of sp³-hybridized carbons (Fsp3) is 0.762. The zero-order chi connectivity index (χ0) is 21.0. The van der Waals surface area contributed by atoms with Crippen molar-refractivity contribution in [3.63, 3.8) is 0 Å². The Morgan fingerprint density at radius 1 is 1.23 bits per heavy atom. The molecule has 1 heterocycles. The molecule has 8 nitrogen and oxygen atoms in total. The molecule has 170 valence electrons. The second-order valence-corrected chi connectivity index (χ2v) is 8.38. The van der Waals surface area contributed by atoms with Crippen molar-refractivity contribution in [3.05, 3.63) is 12.2 Å². The van der Waals surface area contributed by atoms with Crippen molar-refractivity contribution in [3.8, 4) is 0 Å². The first-order valence-electron chi connectivity index (χ1n) is 10.7. The van der Waals surface area contributed by atoms with Crippen LogP contribution in [0.5, 0.6) is 0 Å². The smallest absolute Gasteiger partial charge is 0.233 e. The molecule has 9 heteroatoms. The van der Waals surface area contributed by atoms with Crippen LogP contribution >= 0.6 is 24.0 Å². The molecule has 1 saturated carbocycles. The average molecular weight is 533 g/mol. The summed E-state index contributed by atoms with van der Waals surface area (Å²) in [4.78, 5) is 33.3. The van der Waals surface area contributed by atoms with Gasteiger partial charge in [-0.3, -0.25) is 19.5 Å². The van der Waals surface area contributed by atoms with Crippen molar-refractivity contribution in [2.45, 2.75) is 25.9 Å². The molecule has 2 bridgehead atoms. The summed E-state index contributed by atoms with van der Waals surface area (Å²) in [5.41, 5.74) is 0. The number of hydrogen-bond donors (Lipinski definition) is 2. The summed E-state index contributed by atoms with van der Waals surface area (Å²) in [7, 11) is 5.81. The molecular formula is C21H36IN5O3. The molecule has 3 aliphatic rings. The molecule has 5 unspecified atom stereocenters. The number of ether oxygens (including phenoxy) is 1. The highest BCUT2D eigenvalue weighted by Gasteiger charge is 2.58. The Kier molecular flexibility index (Phi) is 9.55. The quantitative estimate of drug-likeness (QED) is 0.143. The maximum atomic E-state index is 12.7. The second-order valence-electron chi connectivity index (χ2n) is 8.38. The molecule has 3 rings (SSSR count). The summed E-state index contributed by atoms with van der Waals surface area (Å²) in [6, 6.07) is 0. The van der Waals surface area contributed by atoms with Gasteiger partial charge >= 0.3 is 0 Å². The predicted octanol–water partition coefficient (Wildman–Crippen LogP) is 0.933. The Bertz CT molecular complexity index is 639. The zero-order valence-electron chi connectivity index (χ0n) is 18.5. The van der Waals surface area contributed by atoms with Gasteiger partial charge in [0.15, 0.2) is 5.96 Å². The largest absolute Gasteiger partial charge is 0.377 e. The Labute approximate surface area is 196 Å². The van der Waals surface area contributed by atoms with Crippen molar-refractivity contribution >= 4 is 41.8 Å². The van der Waals surface area contributed by atoms with Crippen LogP contribution in [0.1, 0.15) is 19.8 Å². The number of rotatable bonds is 10. The molecule has 0 aromatic heterocycles. The van der Waals surface area contributed by atoms with Crippen molar-refractivity contribution < 1.29 is 14.3 Å². The Morgan fingerprint density at radius 3 is 2.40 bits per heavy atom. The number of nitrogens with one attached hydrogen (secondary N) is 2. The molecule has 0 aromatic carbocycles. The monoisotopic (exact) mass is 533 g/mol. The van der Waals surface area contributed by atoms with E-state index in [4.69, 9.17) is 4.74 Å². The normalized spacial score (nSPS) is 28.2. The Hall–Kier alpha value is -1.20. The van der Waals surface area contributed by atoms with Crippen LogP contribution in [0, 0.1) is 23.7 Å². The van der Waals surface area contributed by atoms with E-state index in [1.54, 1.807) is 7.05 Å². The third-order valence-corrected chi connectivity index (χ3v) is 6.21. The summed E-state index contributed by atoms with van der Waals surface area (Å²) < 4.78 is 5.79. The number of halogens is 1. The van der Waals surface area contributed by atoms with E-state index in [1.165, 1.54) is 4.90 Å². The molecule has 5 atom stereocenters. The molecule has 2 fully saturated rings. The maximum absolute atomic E-state index is 12.7. The summed E-state index contributed by atoms with van der Waals surface area (Å²) in [6.07, 6.45) is 6.24. The third-order valence-electron chi connectivity index (χ3n) is 6.21.